The monoisotopic (exact) mass is 294 g/mol. The molecule has 7 nitrogen and oxygen atoms in total. The van der Waals surface area contributed by atoms with Crippen LogP contribution in [0.5, 0.6) is 0 Å². The summed E-state index contributed by atoms with van der Waals surface area (Å²) in [7, 11) is 0. The summed E-state index contributed by atoms with van der Waals surface area (Å²) in [5.74, 6) is 0.642. The molecule has 0 radical (unpaired) electrons. The molecule has 0 fully saturated rings. The largest absolute Gasteiger partial charge is 0.349 e. The number of hydrogen-bond acceptors (Lipinski definition) is 4. The lowest BCUT2D eigenvalue weighted by Crippen LogP contribution is -2.35. The van der Waals surface area contributed by atoms with Crippen molar-refractivity contribution in [2.24, 2.45) is 0 Å². The lowest BCUT2D eigenvalue weighted by atomic mass is 10.2. The number of nitrogens with zero attached hydrogens (tertiary/aromatic N) is 5. The zero-order valence-electron chi connectivity index (χ0n) is 12.0. The first-order valence-electron chi connectivity index (χ1n) is 7.05. The van der Waals surface area contributed by atoms with E-state index >= 15 is 0 Å². The van der Waals surface area contributed by atoms with Crippen LogP contribution in [0, 0.1) is 6.92 Å². The molecule has 0 saturated heterocycles. The molecule has 0 saturated carbocycles. The van der Waals surface area contributed by atoms with E-state index in [0.717, 1.165) is 22.6 Å². The Morgan fingerprint density at radius 3 is 3.00 bits per heavy atom. The molecule has 1 N–H and O–H groups in total. The highest BCUT2D eigenvalue weighted by atomic mass is 16.2. The Labute approximate surface area is 126 Å². The molecule has 0 spiro atoms. The molecule has 0 aliphatic carbocycles. The second-order valence-electron chi connectivity index (χ2n) is 5.26. The average molecular weight is 294 g/mol. The number of carbonyl (C=O) groups excluding carboxylic acids is 1. The standard InChI is InChI=1S/C15H14N6O/c1-10-8-18-21(9-10)14-6-11(2-3-16-14)12-7-13-15(22)17-4-5-20(13)19-12/h2-3,6-9H,4-5H2,1H3,(H,17,22). The molecule has 3 aromatic heterocycles. The van der Waals surface area contributed by atoms with Crippen molar-refractivity contribution in [2.45, 2.75) is 13.5 Å². The highest BCUT2D eigenvalue weighted by molar-refractivity contribution is 5.94. The zero-order chi connectivity index (χ0) is 15.1. The molecule has 0 bridgehead atoms. The third-order valence-electron chi connectivity index (χ3n) is 3.61. The maximum atomic E-state index is 11.8. The van der Waals surface area contributed by atoms with Crippen molar-refractivity contribution < 1.29 is 4.79 Å². The van der Waals surface area contributed by atoms with Crippen LogP contribution in [0.15, 0.2) is 36.8 Å². The molecule has 4 heterocycles. The molecule has 3 aromatic rings. The van der Waals surface area contributed by atoms with Crippen LogP contribution in [-0.4, -0.2) is 37.0 Å². The van der Waals surface area contributed by atoms with Gasteiger partial charge in [-0.2, -0.15) is 10.2 Å². The van der Waals surface area contributed by atoms with Crippen LogP contribution in [0.1, 0.15) is 16.1 Å². The Morgan fingerprint density at radius 1 is 1.32 bits per heavy atom. The summed E-state index contributed by atoms with van der Waals surface area (Å²) in [4.78, 5) is 16.2. The normalized spacial score (nSPS) is 13.8. The number of nitrogens with one attached hydrogen (secondary N) is 1. The summed E-state index contributed by atoms with van der Waals surface area (Å²) in [6, 6.07) is 5.60. The van der Waals surface area contributed by atoms with Gasteiger partial charge in [0.15, 0.2) is 5.82 Å². The van der Waals surface area contributed by atoms with Gasteiger partial charge < -0.3 is 5.32 Å². The van der Waals surface area contributed by atoms with Crippen LogP contribution in [0.25, 0.3) is 17.1 Å². The smallest absolute Gasteiger partial charge is 0.269 e. The van der Waals surface area contributed by atoms with Crippen molar-refractivity contribution in [3.63, 3.8) is 0 Å². The van der Waals surface area contributed by atoms with Crippen LogP contribution < -0.4 is 5.32 Å². The van der Waals surface area contributed by atoms with E-state index in [-0.39, 0.29) is 5.91 Å². The fourth-order valence-electron chi connectivity index (χ4n) is 2.52. The van der Waals surface area contributed by atoms with Gasteiger partial charge in [-0.3, -0.25) is 9.48 Å². The van der Waals surface area contributed by atoms with E-state index in [4.69, 9.17) is 0 Å². The van der Waals surface area contributed by atoms with Gasteiger partial charge in [0.2, 0.25) is 0 Å². The van der Waals surface area contributed by atoms with E-state index < -0.39 is 0 Å². The van der Waals surface area contributed by atoms with Crippen LogP contribution in [0.4, 0.5) is 0 Å². The van der Waals surface area contributed by atoms with E-state index in [1.807, 2.05) is 31.3 Å². The van der Waals surface area contributed by atoms with Gasteiger partial charge in [-0.05, 0) is 30.7 Å². The van der Waals surface area contributed by atoms with Gasteiger partial charge in [0, 0.05) is 24.5 Å². The van der Waals surface area contributed by atoms with Gasteiger partial charge in [-0.15, -0.1) is 0 Å². The van der Waals surface area contributed by atoms with Crippen molar-refractivity contribution in [2.75, 3.05) is 6.54 Å². The first kappa shape index (κ1) is 12.8. The number of amides is 1. The minimum Gasteiger partial charge on any atom is -0.349 e. The Kier molecular flexibility index (Phi) is 2.78. The van der Waals surface area contributed by atoms with E-state index in [1.165, 1.54) is 0 Å². The maximum absolute atomic E-state index is 11.8. The van der Waals surface area contributed by atoms with Crippen LogP contribution in [0.3, 0.4) is 0 Å². The van der Waals surface area contributed by atoms with Crippen molar-refractivity contribution in [3.05, 3.63) is 48.0 Å². The van der Waals surface area contributed by atoms with Gasteiger partial charge in [-0.1, -0.05) is 0 Å². The molecule has 1 aliphatic rings. The minimum atomic E-state index is -0.0815. The van der Waals surface area contributed by atoms with E-state index in [0.29, 0.717) is 18.8 Å². The van der Waals surface area contributed by atoms with Crippen molar-refractivity contribution >= 4 is 5.91 Å². The molecule has 1 aliphatic heterocycles. The third-order valence-corrected chi connectivity index (χ3v) is 3.61. The predicted octanol–water partition coefficient (Wildman–Crippen LogP) is 1.18. The predicted molar refractivity (Wildman–Crippen MR) is 79.7 cm³/mol. The number of rotatable bonds is 2. The summed E-state index contributed by atoms with van der Waals surface area (Å²) in [5, 5.41) is 11.6. The summed E-state index contributed by atoms with van der Waals surface area (Å²) >= 11 is 0. The van der Waals surface area contributed by atoms with Gasteiger partial charge in [-0.25, -0.2) is 9.67 Å². The fourth-order valence-corrected chi connectivity index (χ4v) is 2.52. The average Bonchev–Trinajstić information content (AvgIpc) is 3.14. The second kappa shape index (κ2) is 4.80. The molecule has 4 rings (SSSR count). The van der Waals surface area contributed by atoms with Crippen molar-refractivity contribution in [3.8, 4) is 17.1 Å². The molecule has 7 heteroatoms. The Morgan fingerprint density at radius 2 is 2.23 bits per heavy atom. The third kappa shape index (κ3) is 2.07. The zero-order valence-corrected chi connectivity index (χ0v) is 12.0. The number of aryl methyl sites for hydroxylation is 1. The Bertz CT molecular complexity index is 863. The van der Waals surface area contributed by atoms with E-state index in [9.17, 15) is 4.79 Å². The number of pyridine rings is 1. The Balaban J connectivity index is 1.76. The first-order valence-corrected chi connectivity index (χ1v) is 7.05. The molecular weight excluding hydrogens is 280 g/mol. The fraction of sp³-hybridized carbons (Fsp3) is 0.200. The lowest BCUT2D eigenvalue weighted by molar-refractivity contribution is 0.0924. The SMILES string of the molecule is Cc1cnn(-c2cc(-c3cc4n(n3)CCNC4=O)ccn2)c1. The van der Waals surface area contributed by atoms with Crippen LogP contribution in [-0.2, 0) is 6.54 Å². The molecule has 0 aromatic carbocycles. The van der Waals surface area contributed by atoms with Crippen molar-refractivity contribution in [1.82, 2.24) is 29.9 Å². The number of aromatic nitrogens is 5. The summed E-state index contributed by atoms with van der Waals surface area (Å²) in [6.07, 6.45) is 5.42. The Hall–Kier alpha value is -2.96. The molecule has 1 amide bonds. The topological polar surface area (TPSA) is 77.6 Å². The summed E-state index contributed by atoms with van der Waals surface area (Å²) in [5.41, 5.74) is 3.34. The summed E-state index contributed by atoms with van der Waals surface area (Å²) in [6.45, 7) is 3.29. The molecule has 0 unspecified atom stereocenters. The highest BCUT2D eigenvalue weighted by Crippen LogP contribution is 2.21. The molecule has 110 valence electrons. The molecular formula is C15H14N6O. The van der Waals surface area contributed by atoms with Gasteiger partial charge in [0.1, 0.15) is 5.69 Å². The van der Waals surface area contributed by atoms with Crippen LogP contribution in [0.2, 0.25) is 0 Å². The highest BCUT2D eigenvalue weighted by Gasteiger charge is 2.19. The van der Waals surface area contributed by atoms with Crippen LogP contribution >= 0.6 is 0 Å². The number of fused-ring (bicyclic) bond motifs is 1. The van der Waals surface area contributed by atoms with Gasteiger partial charge in [0.05, 0.1) is 18.4 Å². The summed E-state index contributed by atoms with van der Waals surface area (Å²) < 4.78 is 3.47. The van der Waals surface area contributed by atoms with Crippen molar-refractivity contribution in [1.29, 1.82) is 0 Å². The number of hydrogen-bond donors (Lipinski definition) is 1. The quantitative estimate of drug-likeness (QED) is 0.770. The molecule has 22 heavy (non-hydrogen) atoms. The van der Waals surface area contributed by atoms with Gasteiger partial charge in [0.25, 0.3) is 5.91 Å². The minimum absolute atomic E-state index is 0.0815. The first-order chi connectivity index (χ1) is 10.7. The van der Waals surface area contributed by atoms with Gasteiger partial charge >= 0.3 is 0 Å². The lowest BCUT2D eigenvalue weighted by Gasteiger charge is -2.13. The van der Waals surface area contributed by atoms with E-state index in [2.05, 4.69) is 20.5 Å². The maximum Gasteiger partial charge on any atom is 0.269 e. The number of carbonyl (C=O) groups is 1. The second-order valence-corrected chi connectivity index (χ2v) is 5.26. The van der Waals surface area contributed by atoms with E-state index in [1.54, 1.807) is 21.8 Å². The molecule has 0 atom stereocenters.